The van der Waals surface area contributed by atoms with Crippen molar-refractivity contribution in [1.82, 2.24) is 35.3 Å². The maximum Gasteiger partial charge on any atom is 0.324 e. The van der Waals surface area contributed by atoms with Crippen molar-refractivity contribution in [2.45, 2.75) is 6.42 Å². The summed E-state index contributed by atoms with van der Waals surface area (Å²) in [6.07, 6.45) is 3.49. The Hall–Kier alpha value is -3.92. The number of hydrogen-bond donors (Lipinski definition) is 2. The Morgan fingerprint density at radius 3 is 2.74 bits per heavy atom. The Kier molecular flexibility index (Phi) is 4.75. The molecule has 5 rings (SSSR count). The summed E-state index contributed by atoms with van der Waals surface area (Å²) < 4.78 is 32.2. The first kappa shape index (κ1) is 19.1. The molecule has 0 saturated carbocycles. The van der Waals surface area contributed by atoms with Crippen LogP contribution < -0.4 is 4.74 Å². The second-order valence-corrected chi connectivity index (χ2v) is 7.00. The van der Waals surface area contributed by atoms with E-state index in [4.69, 9.17) is 16.3 Å². The highest BCUT2D eigenvalue weighted by atomic mass is 35.5. The first-order chi connectivity index (χ1) is 15.1. The Bertz CT molecular complexity index is 1390. The fourth-order valence-corrected chi connectivity index (χ4v) is 3.29. The van der Waals surface area contributed by atoms with Crippen molar-refractivity contribution in [3.05, 3.63) is 77.0 Å². The molecule has 0 aliphatic heterocycles. The minimum absolute atomic E-state index is 0.124. The van der Waals surface area contributed by atoms with E-state index in [0.717, 1.165) is 23.5 Å². The fraction of sp³-hybridized carbons (Fsp3) is 0.0500. The first-order valence-electron chi connectivity index (χ1n) is 9.04. The predicted molar refractivity (Wildman–Crippen MR) is 108 cm³/mol. The molecule has 0 atom stereocenters. The maximum absolute atomic E-state index is 13.8. The zero-order valence-corrected chi connectivity index (χ0v) is 16.4. The second kappa shape index (κ2) is 7.73. The molecule has 0 saturated heterocycles. The van der Waals surface area contributed by atoms with Crippen molar-refractivity contribution in [3.63, 3.8) is 0 Å². The molecule has 0 aliphatic carbocycles. The van der Waals surface area contributed by atoms with E-state index in [0.29, 0.717) is 39.8 Å². The summed E-state index contributed by atoms with van der Waals surface area (Å²) in [4.78, 5) is 12.4. The molecular formula is C20H12ClF2N7O. The van der Waals surface area contributed by atoms with E-state index >= 15 is 0 Å². The zero-order valence-electron chi connectivity index (χ0n) is 15.6. The normalized spacial score (nSPS) is 11.2. The highest BCUT2D eigenvalue weighted by molar-refractivity contribution is 6.33. The van der Waals surface area contributed by atoms with Crippen LogP contribution in [0.1, 0.15) is 11.4 Å². The molecule has 0 aliphatic rings. The zero-order chi connectivity index (χ0) is 21.4. The van der Waals surface area contributed by atoms with Gasteiger partial charge in [-0.05, 0) is 29.8 Å². The number of H-pyrrole nitrogens is 2. The van der Waals surface area contributed by atoms with E-state index in [1.165, 1.54) is 12.5 Å². The fourth-order valence-electron chi connectivity index (χ4n) is 3.08. The molecule has 5 aromatic rings. The first-order valence-corrected chi connectivity index (χ1v) is 9.41. The molecule has 0 radical (unpaired) electrons. The van der Waals surface area contributed by atoms with Crippen molar-refractivity contribution in [2.75, 3.05) is 0 Å². The Morgan fingerprint density at radius 1 is 1.03 bits per heavy atom. The third-order valence-electron chi connectivity index (χ3n) is 4.52. The Balaban J connectivity index is 1.47. The summed E-state index contributed by atoms with van der Waals surface area (Å²) in [5.41, 5.74) is 2.60. The van der Waals surface area contributed by atoms with Crippen LogP contribution in [-0.4, -0.2) is 35.3 Å². The van der Waals surface area contributed by atoms with Gasteiger partial charge >= 0.3 is 6.01 Å². The summed E-state index contributed by atoms with van der Waals surface area (Å²) in [5.74, 6) is -1.04. The van der Waals surface area contributed by atoms with Crippen molar-refractivity contribution >= 4 is 22.6 Å². The molecule has 0 spiro atoms. The van der Waals surface area contributed by atoms with Crippen LogP contribution in [0.5, 0.6) is 11.8 Å². The number of ether oxygens (including phenoxy) is 1. The molecular weight excluding hydrogens is 428 g/mol. The molecule has 2 aromatic carbocycles. The van der Waals surface area contributed by atoms with E-state index in [2.05, 4.69) is 35.3 Å². The third-order valence-corrected chi connectivity index (χ3v) is 4.85. The van der Waals surface area contributed by atoms with Crippen LogP contribution in [0.2, 0.25) is 5.02 Å². The van der Waals surface area contributed by atoms with Gasteiger partial charge in [-0.15, -0.1) is 0 Å². The van der Waals surface area contributed by atoms with Crippen LogP contribution in [0.4, 0.5) is 8.78 Å². The maximum atomic E-state index is 13.8. The molecule has 11 heteroatoms. The molecule has 154 valence electrons. The van der Waals surface area contributed by atoms with Crippen molar-refractivity contribution < 1.29 is 13.5 Å². The largest absolute Gasteiger partial charge is 0.421 e. The van der Waals surface area contributed by atoms with Gasteiger partial charge in [0.25, 0.3) is 0 Å². The van der Waals surface area contributed by atoms with Crippen molar-refractivity contribution in [1.29, 1.82) is 0 Å². The number of fused-ring (bicyclic) bond motifs is 1. The molecule has 0 amide bonds. The summed E-state index contributed by atoms with van der Waals surface area (Å²) >= 11 is 6.42. The second-order valence-electron chi connectivity index (χ2n) is 6.59. The summed E-state index contributed by atoms with van der Waals surface area (Å²) in [6, 6.07) is 8.43. The average molecular weight is 440 g/mol. The van der Waals surface area contributed by atoms with Gasteiger partial charge in [0, 0.05) is 29.3 Å². The third kappa shape index (κ3) is 3.80. The topological polar surface area (TPSA) is 105 Å². The monoisotopic (exact) mass is 439 g/mol. The number of aromatic nitrogens is 7. The SMILES string of the molecule is Fc1ccc(Oc2ncc3c(-c4cc(Cc5ncn[nH]5)ccc4Cl)[nH]nc3n2)c(F)c1. The lowest BCUT2D eigenvalue weighted by molar-refractivity contribution is 0.409. The molecule has 3 heterocycles. The summed E-state index contributed by atoms with van der Waals surface area (Å²) in [7, 11) is 0. The average Bonchev–Trinajstić information content (AvgIpc) is 3.41. The summed E-state index contributed by atoms with van der Waals surface area (Å²) in [5, 5.41) is 14.9. The van der Waals surface area contributed by atoms with Gasteiger partial charge in [0.15, 0.2) is 17.2 Å². The van der Waals surface area contributed by atoms with Gasteiger partial charge in [0.05, 0.1) is 11.1 Å². The van der Waals surface area contributed by atoms with Gasteiger partial charge in [-0.2, -0.15) is 15.2 Å². The molecule has 2 N–H and O–H groups in total. The van der Waals surface area contributed by atoms with E-state index in [1.807, 2.05) is 12.1 Å². The van der Waals surface area contributed by atoms with Gasteiger partial charge in [-0.3, -0.25) is 10.2 Å². The molecule has 0 fully saturated rings. The lowest BCUT2D eigenvalue weighted by Gasteiger charge is -2.07. The smallest absolute Gasteiger partial charge is 0.324 e. The summed E-state index contributed by atoms with van der Waals surface area (Å²) in [6.45, 7) is 0. The van der Waals surface area contributed by atoms with Gasteiger partial charge in [-0.25, -0.2) is 18.7 Å². The predicted octanol–water partition coefficient (Wildman–Crippen LogP) is 4.45. The highest BCUT2D eigenvalue weighted by Crippen LogP contribution is 2.33. The highest BCUT2D eigenvalue weighted by Gasteiger charge is 2.16. The van der Waals surface area contributed by atoms with Crippen LogP contribution in [0.3, 0.4) is 0 Å². The Labute approximate surface area is 178 Å². The minimum Gasteiger partial charge on any atom is -0.421 e. The van der Waals surface area contributed by atoms with Crippen LogP contribution in [0.15, 0.2) is 48.9 Å². The minimum atomic E-state index is -0.859. The number of rotatable bonds is 5. The van der Waals surface area contributed by atoms with Gasteiger partial charge < -0.3 is 4.74 Å². The van der Waals surface area contributed by atoms with E-state index in [1.54, 1.807) is 6.07 Å². The van der Waals surface area contributed by atoms with Gasteiger partial charge in [-0.1, -0.05) is 17.7 Å². The number of nitrogens with zero attached hydrogens (tertiary/aromatic N) is 5. The molecule has 0 bridgehead atoms. The lowest BCUT2D eigenvalue weighted by atomic mass is 10.0. The van der Waals surface area contributed by atoms with Crippen LogP contribution in [-0.2, 0) is 6.42 Å². The van der Waals surface area contributed by atoms with Gasteiger partial charge in [0.1, 0.15) is 18.0 Å². The number of benzene rings is 2. The molecule has 31 heavy (non-hydrogen) atoms. The van der Waals surface area contributed by atoms with Crippen LogP contribution in [0, 0.1) is 11.6 Å². The standard InChI is InChI=1S/C20H12ClF2N7O/c21-14-3-1-10(6-17-25-9-26-28-17)5-12(14)18-13-8-24-20(27-19(13)30-29-18)31-16-4-2-11(22)7-15(16)23/h1-5,7-9H,6H2,(H,25,26,28)(H,24,27,29,30). The Morgan fingerprint density at radius 2 is 1.94 bits per heavy atom. The molecule has 3 aromatic heterocycles. The molecule has 0 unspecified atom stereocenters. The van der Waals surface area contributed by atoms with Crippen LogP contribution in [0.25, 0.3) is 22.3 Å². The van der Waals surface area contributed by atoms with Crippen LogP contribution >= 0.6 is 11.6 Å². The van der Waals surface area contributed by atoms with Crippen molar-refractivity contribution in [2.24, 2.45) is 0 Å². The van der Waals surface area contributed by atoms with Crippen molar-refractivity contribution in [3.8, 4) is 23.0 Å². The lowest BCUT2D eigenvalue weighted by Crippen LogP contribution is -1.95. The number of hydrogen-bond acceptors (Lipinski definition) is 6. The quantitative estimate of drug-likeness (QED) is 0.419. The van der Waals surface area contributed by atoms with E-state index in [9.17, 15) is 8.78 Å². The molecule has 8 nitrogen and oxygen atoms in total. The van der Waals surface area contributed by atoms with Gasteiger partial charge in [0.2, 0.25) is 0 Å². The number of nitrogens with one attached hydrogen (secondary N) is 2. The van der Waals surface area contributed by atoms with E-state index < -0.39 is 11.6 Å². The number of halogens is 3. The number of aromatic amines is 2. The van der Waals surface area contributed by atoms with E-state index in [-0.39, 0.29) is 11.8 Å².